The summed E-state index contributed by atoms with van der Waals surface area (Å²) in [7, 11) is 0. The van der Waals surface area contributed by atoms with E-state index in [1.54, 1.807) is 0 Å². The van der Waals surface area contributed by atoms with E-state index in [1.165, 1.54) is 0 Å². The van der Waals surface area contributed by atoms with Gasteiger partial charge in [-0.2, -0.15) is 0 Å². The minimum atomic E-state index is -1.75. The lowest BCUT2D eigenvalue weighted by Crippen LogP contribution is -2.50. The molecule has 0 saturated heterocycles. The molecule has 0 bridgehead atoms. The van der Waals surface area contributed by atoms with E-state index in [0.717, 1.165) is 20.4 Å². The summed E-state index contributed by atoms with van der Waals surface area (Å²) in [4.78, 5) is 13.3. The van der Waals surface area contributed by atoms with Crippen molar-refractivity contribution in [1.29, 1.82) is 0 Å². The Kier molecular flexibility index (Phi) is 7.68. The van der Waals surface area contributed by atoms with Crippen LogP contribution in [0.2, 0.25) is 0 Å². The second-order valence-electron chi connectivity index (χ2n) is 6.39. The van der Waals surface area contributed by atoms with Crippen LogP contribution in [0.5, 0.6) is 0 Å². The number of hydrogen-bond donors (Lipinski definition) is 2. The fourth-order valence-corrected chi connectivity index (χ4v) is 3.61. The smallest absolute Gasteiger partial charge is 0.233 e. The molecular formula is C22H18Cl3IN2O. The number of carbonyl (C=O) groups is 1. The number of benzene rings is 3. The van der Waals surface area contributed by atoms with Crippen LogP contribution in [0.4, 0.5) is 5.69 Å². The highest BCUT2D eigenvalue weighted by Gasteiger charge is 2.36. The summed E-state index contributed by atoms with van der Waals surface area (Å²) in [5.74, 6) is -0.803. The van der Waals surface area contributed by atoms with E-state index >= 15 is 0 Å². The monoisotopic (exact) mass is 558 g/mol. The predicted molar refractivity (Wildman–Crippen MR) is 130 cm³/mol. The van der Waals surface area contributed by atoms with Gasteiger partial charge in [-0.25, -0.2) is 0 Å². The van der Waals surface area contributed by atoms with E-state index in [1.807, 2.05) is 84.9 Å². The van der Waals surface area contributed by atoms with Gasteiger partial charge in [-0.05, 0) is 58.0 Å². The van der Waals surface area contributed by atoms with Crippen LogP contribution in [0.1, 0.15) is 17.0 Å². The molecule has 0 saturated carbocycles. The maximum Gasteiger partial charge on any atom is 0.233 e. The maximum atomic E-state index is 13.3. The van der Waals surface area contributed by atoms with Crippen LogP contribution in [0, 0.1) is 3.57 Å². The number of rotatable bonds is 6. The Morgan fingerprint density at radius 2 is 1.28 bits per heavy atom. The second kappa shape index (κ2) is 10.0. The average Bonchev–Trinajstić information content (AvgIpc) is 2.70. The lowest BCUT2D eigenvalue weighted by Gasteiger charge is -2.29. The first-order chi connectivity index (χ1) is 13.8. The Labute approximate surface area is 198 Å². The lowest BCUT2D eigenvalue weighted by atomic mass is 9.90. The standard InChI is InChI=1S/C22H18Cl3IN2O/c23-22(24,25)21(27-18-13-11-17(26)12-14-18)28-20(29)19(15-7-3-1-4-8-15)16-9-5-2-6-10-16/h1-14,19,21,27H,(H,28,29). The molecule has 3 rings (SSSR count). The predicted octanol–water partition coefficient (Wildman–Crippen LogP) is 6.35. The van der Waals surface area contributed by atoms with Gasteiger partial charge in [0.05, 0.1) is 5.92 Å². The third-order valence-electron chi connectivity index (χ3n) is 4.30. The second-order valence-corrected chi connectivity index (χ2v) is 10.0. The molecule has 1 unspecified atom stereocenters. The van der Waals surface area contributed by atoms with Gasteiger partial charge in [0.25, 0.3) is 0 Å². The molecule has 2 N–H and O–H groups in total. The zero-order valence-electron chi connectivity index (χ0n) is 15.2. The third-order valence-corrected chi connectivity index (χ3v) is 5.67. The molecule has 0 aliphatic rings. The molecule has 0 spiro atoms. The molecule has 29 heavy (non-hydrogen) atoms. The molecule has 3 aromatic rings. The maximum absolute atomic E-state index is 13.3. The Bertz CT molecular complexity index is 892. The quantitative estimate of drug-likeness (QED) is 0.210. The number of alkyl halides is 3. The molecule has 3 aromatic carbocycles. The van der Waals surface area contributed by atoms with Crippen LogP contribution in [0.25, 0.3) is 0 Å². The van der Waals surface area contributed by atoms with Crippen molar-refractivity contribution in [2.75, 3.05) is 5.32 Å². The molecule has 0 fully saturated rings. The SMILES string of the molecule is O=C(NC(Nc1ccc(I)cc1)C(Cl)(Cl)Cl)C(c1ccccc1)c1ccccc1. The Balaban J connectivity index is 1.88. The Hall–Kier alpha value is -1.47. The molecule has 0 heterocycles. The Morgan fingerprint density at radius 1 is 0.793 bits per heavy atom. The fourth-order valence-electron chi connectivity index (χ4n) is 2.92. The van der Waals surface area contributed by atoms with Crippen molar-refractivity contribution in [1.82, 2.24) is 5.32 Å². The summed E-state index contributed by atoms with van der Waals surface area (Å²) < 4.78 is -0.674. The van der Waals surface area contributed by atoms with Gasteiger partial charge in [-0.3, -0.25) is 4.79 Å². The third kappa shape index (κ3) is 6.25. The largest absolute Gasteiger partial charge is 0.362 e. The van der Waals surface area contributed by atoms with E-state index in [9.17, 15) is 4.79 Å². The number of halogens is 4. The van der Waals surface area contributed by atoms with Gasteiger partial charge < -0.3 is 10.6 Å². The molecule has 1 atom stereocenters. The van der Waals surface area contributed by atoms with E-state index < -0.39 is 15.9 Å². The summed E-state index contributed by atoms with van der Waals surface area (Å²) in [5, 5.41) is 5.97. The summed E-state index contributed by atoms with van der Waals surface area (Å²) >= 11 is 20.7. The van der Waals surface area contributed by atoms with Crippen LogP contribution in [0.15, 0.2) is 84.9 Å². The zero-order chi connectivity index (χ0) is 20.9. The van der Waals surface area contributed by atoms with Crippen LogP contribution < -0.4 is 10.6 Å². The van der Waals surface area contributed by atoms with Gasteiger partial charge in [0.1, 0.15) is 6.17 Å². The Morgan fingerprint density at radius 3 is 1.72 bits per heavy atom. The molecule has 0 radical (unpaired) electrons. The van der Waals surface area contributed by atoms with Gasteiger partial charge in [-0.1, -0.05) is 95.5 Å². The van der Waals surface area contributed by atoms with Gasteiger partial charge >= 0.3 is 0 Å². The number of carbonyl (C=O) groups excluding carboxylic acids is 1. The number of hydrogen-bond acceptors (Lipinski definition) is 2. The van der Waals surface area contributed by atoms with Crippen molar-refractivity contribution in [3.8, 4) is 0 Å². The minimum Gasteiger partial charge on any atom is -0.362 e. The lowest BCUT2D eigenvalue weighted by molar-refractivity contribution is -0.122. The van der Waals surface area contributed by atoms with Gasteiger partial charge in [0.2, 0.25) is 9.70 Å². The topological polar surface area (TPSA) is 41.1 Å². The van der Waals surface area contributed by atoms with E-state index in [-0.39, 0.29) is 5.91 Å². The minimum absolute atomic E-state index is 0.267. The molecule has 0 aromatic heterocycles. The van der Waals surface area contributed by atoms with Crippen LogP contribution in [0.3, 0.4) is 0 Å². The van der Waals surface area contributed by atoms with Gasteiger partial charge in [0, 0.05) is 9.26 Å². The summed E-state index contributed by atoms with van der Waals surface area (Å²) in [6, 6.07) is 26.6. The molecule has 7 heteroatoms. The number of anilines is 1. The average molecular weight is 560 g/mol. The molecule has 3 nitrogen and oxygen atoms in total. The molecule has 0 aliphatic carbocycles. The first kappa shape index (κ1) is 22.2. The first-order valence-corrected chi connectivity index (χ1v) is 11.0. The summed E-state index contributed by atoms with van der Waals surface area (Å²) in [6.45, 7) is 0. The van der Waals surface area contributed by atoms with E-state index in [0.29, 0.717) is 0 Å². The van der Waals surface area contributed by atoms with Crippen LogP contribution in [-0.2, 0) is 4.79 Å². The van der Waals surface area contributed by atoms with Gasteiger partial charge in [-0.15, -0.1) is 0 Å². The van der Waals surface area contributed by atoms with Crippen molar-refractivity contribution in [2.45, 2.75) is 15.9 Å². The summed E-state index contributed by atoms with van der Waals surface area (Å²) in [5.41, 5.74) is 2.44. The molecule has 0 aliphatic heterocycles. The van der Waals surface area contributed by atoms with Gasteiger partial charge in [0.15, 0.2) is 0 Å². The molecule has 1 amide bonds. The highest BCUT2D eigenvalue weighted by molar-refractivity contribution is 14.1. The van der Waals surface area contributed by atoms with Crippen molar-refractivity contribution >= 4 is 69.0 Å². The highest BCUT2D eigenvalue weighted by atomic mass is 127. The van der Waals surface area contributed by atoms with Crippen molar-refractivity contribution in [3.63, 3.8) is 0 Å². The van der Waals surface area contributed by atoms with Crippen molar-refractivity contribution < 1.29 is 4.79 Å². The first-order valence-electron chi connectivity index (χ1n) is 8.83. The highest BCUT2D eigenvalue weighted by Crippen LogP contribution is 2.32. The zero-order valence-corrected chi connectivity index (χ0v) is 19.6. The normalized spacial score (nSPS) is 12.4. The molecule has 150 valence electrons. The summed E-state index contributed by atoms with van der Waals surface area (Å²) in [6.07, 6.45) is -0.921. The number of amides is 1. The van der Waals surface area contributed by atoms with Crippen molar-refractivity contribution in [2.24, 2.45) is 0 Å². The van der Waals surface area contributed by atoms with Crippen LogP contribution in [-0.4, -0.2) is 15.9 Å². The van der Waals surface area contributed by atoms with Crippen LogP contribution >= 0.6 is 57.4 Å². The molecular weight excluding hydrogens is 542 g/mol. The number of nitrogens with one attached hydrogen (secondary N) is 2. The van der Waals surface area contributed by atoms with E-state index in [4.69, 9.17) is 34.8 Å². The van der Waals surface area contributed by atoms with Crippen molar-refractivity contribution in [3.05, 3.63) is 99.6 Å². The fraction of sp³-hybridized carbons (Fsp3) is 0.136. The van der Waals surface area contributed by atoms with E-state index in [2.05, 4.69) is 33.2 Å².